The van der Waals surface area contributed by atoms with Crippen molar-refractivity contribution in [3.05, 3.63) is 95.3 Å². The smallest absolute Gasteiger partial charge is 0.252 e. The highest BCUT2D eigenvalue weighted by atomic mass is 35.5. The average molecular weight is 374 g/mol. The van der Waals surface area contributed by atoms with Crippen LogP contribution >= 0.6 is 11.6 Å². The van der Waals surface area contributed by atoms with Crippen LogP contribution in [0.1, 0.15) is 15.9 Å². The van der Waals surface area contributed by atoms with Gasteiger partial charge < -0.3 is 5.32 Å². The van der Waals surface area contributed by atoms with E-state index in [1.54, 1.807) is 24.5 Å². The fraction of sp³-hybridized carbons (Fsp3) is 0.0455. The molecule has 1 N–H and O–H groups in total. The normalized spacial score (nSPS) is 10.7. The maximum atomic E-state index is 12.9. The molecule has 4 aromatic rings. The van der Waals surface area contributed by atoms with E-state index in [2.05, 4.69) is 10.3 Å². The Morgan fingerprint density at radius 3 is 2.63 bits per heavy atom. The van der Waals surface area contributed by atoms with Crippen molar-refractivity contribution in [3.8, 4) is 11.3 Å². The van der Waals surface area contributed by atoms with Crippen molar-refractivity contribution in [3.63, 3.8) is 0 Å². The first kappa shape index (κ1) is 17.2. The second-order valence-corrected chi connectivity index (χ2v) is 6.56. The Morgan fingerprint density at radius 1 is 1.00 bits per heavy atom. The molecule has 0 unspecified atom stereocenters. The highest BCUT2D eigenvalue weighted by molar-refractivity contribution is 6.31. The number of nitrogens with zero attached hydrogens (tertiary/aromatic N) is 2. The van der Waals surface area contributed by atoms with E-state index >= 15 is 0 Å². The van der Waals surface area contributed by atoms with Gasteiger partial charge in [0, 0.05) is 34.9 Å². The molecule has 0 bridgehead atoms. The van der Waals surface area contributed by atoms with E-state index in [9.17, 15) is 4.79 Å². The van der Waals surface area contributed by atoms with Crippen LogP contribution in [0.5, 0.6) is 0 Å². The second kappa shape index (κ2) is 7.56. The van der Waals surface area contributed by atoms with Crippen LogP contribution in [-0.4, -0.2) is 15.9 Å². The Bertz CT molecular complexity index is 1100. The van der Waals surface area contributed by atoms with Gasteiger partial charge in [-0.2, -0.15) is 0 Å². The number of pyridine rings is 2. The molecule has 0 spiro atoms. The number of carbonyl (C=O) groups is 1. The fourth-order valence-corrected chi connectivity index (χ4v) is 3.10. The van der Waals surface area contributed by atoms with Crippen LogP contribution in [-0.2, 0) is 6.54 Å². The highest BCUT2D eigenvalue weighted by Gasteiger charge is 2.14. The lowest BCUT2D eigenvalue weighted by Crippen LogP contribution is -2.23. The largest absolute Gasteiger partial charge is 0.348 e. The monoisotopic (exact) mass is 373 g/mol. The van der Waals surface area contributed by atoms with Crippen molar-refractivity contribution in [2.75, 3.05) is 0 Å². The van der Waals surface area contributed by atoms with Crippen molar-refractivity contribution < 1.29 is 4.79 Å². The summed E-state index contributed by atoms with van der Waals surface area (Å²) in [6.45, 7) is 0.401. The molecule has 0 aliphatic rings. The van der Waals surface area contributed by atoms with Crippen molar-refractivity contribution in [2.24, 2.45) is 0 Å². The maximum Gasteiger partial charge on any atom is 0.252 e. The van der Waals surface area contributed by atoms with Crippen LogP contribution in [0.3, 0.4) is 0 Å². The molecule has 0 saturated carbocycles. The first-order chi connectivity index (χ1) is 13.2. The molecule has 1 amide bonds. The molecule has 132 valence electrons. The number of hydrogen-bond donors (Lipinski definition) is 1. The van der Waals surface area contributed by atoms with Gasteiger partial charge in [-0.1, -0.05) is 48.0 Å². The summed E-state index contributed by atoms with van der Waals surface area (Å²) in [4.78, 5) is 21.7. The molecule has 4 nitrogen and oxygen atoms in total. The van der Waals surface area contributed by atoms with E-state index in [-0.39, 0.29) is 5.91 Å². The van der Waals surface area contributed by atoms with E-state index < -0.39 is 0 Å². The Labute approximate surface area is 161 Å². The summed E-state index contributed by atoms with van der Waals surface area (Å²) in [6.07, 6.45) is 3.44. The average Bonchev–Trinajstić information content (AvgIpc) is 2.72. The lowest BCUT2D eigenvalue weighted by molar-refractivity contribution is 0.0952. The molecule has 5 heteroatoms. The van der Waals surface area contributed by atoms with Gasteiger partial charge in [-0.25, -0.2) is 4.98 Å². The molecule has 2 heterocycles. The van der Waals surface area contributed by atoms with E-state index in [1.165, 1.54) is 0 Å². The number of carbonyl (C=O) groups excluding carboxylic acids is 1. The Kier molecular flexibility index (Phi) is 4.81. The molecule has 0 fully saturated rings. The lowest BCUT2D eigenvalue weighted by Gasteiger charge is -2.11. The number of fused-ring (bicyclic) bond motifs is 1. The second-order valence-electron chi connectivity index (χ2n) is 6.13. The Balaban J connectivity index is 1.75. The van der Waals surface area contributed by atoms with E-state index in [0.717, 1.165) is 27.7 Å². The van der Waals surface area contributed by atoms with Gasteiger partial charge in [0.2, 0.25) is 0 Å². The SMILES string of the molecule is O=C(NCc1cccnc1)c1cc(-c2ccccc2)nc2ccc(Cl)cc12. The van der Waals surface area contributed by atoms with Crippen LogP contribution in [0.15, 0.2) is 79.1 Å². The van der Waals surface area contributed by atoms with Gasteiger partial charge in [0.15, 0.2) is 0 Å². The van der Waals surface area contributed by atoms with Crippen LogP contribution in [0.25, 0.3) is 22.2 Å². The summed E-state index contributed by atoms with van der Waals surface area (Å²) in [5.74, 6) is -0.175. The highest BCUT2D eigenvalue weighted by Crippen LogP contribution is 2.27. The van der Waals surface area contributed by atoms with Crippen LogP contribution in [0, 0.1) is 0 Å². The van der Waals surface area contributed by atoms with Gasteiger partial charge in [-0.05, 0) is 35.9 Å². The summed E-state index contributed by atoms with van der Waals surface area (Å²) in [7, 11) is 0. The zero-order chi connectivity index (χ0) is 18.6. The molecule has 0 saturated heterocycles. The Hall–Kier alpha value is -3.24. The summed E-state index contributed by atoms with van der Waals surface area (Å²) in [6, 6.07) is 20.8. The van der Waals surface area contributed by atoms with E-state index in [1.807, 2.05) is 54.6 Å². The number of aromatic nitrogens is 2. The summed E-state index contributed by atoms with van der Waals surface area (Å²) in [5.41, 5.74) is 3.91. The minimum absolute atomic E-state index is 0.175. The maximum absolute atomic E-state index is 12.9. The molecule has 4 rings (SSSR count). The van der Waals surface area contributed by atoms with E-state index in [0.29, 0.717) is 17.1 Å². The number of nitrogens with one attached hydrogen (secondary N) is 1. The summed E-state index contributed by atoms with van der Waals surface area (Å²) < 4.78 is 0. The first-order valence-electron chi connectivity index (χ1n) is 8.53. The summed E-state index contributed by atoms with van der Waals surface area (Å²) >= 11 is 6.16. The molecule has 0 atom stereocenters. The van der Waals surface area contributed by atoms with Gasteiger partial charge in [0.25, 0.3) is 5.91 Å². The predicted molar refractivity (Wildman–Crippen MR) is 108 cm³/mol. The molecule has 0 aliphatic heterocycles. The van der Waals surface area contributed by atoms with Crippen molar-refractivity contribution in [1.82, 2.24) is 15.3 Å². The Morgan fingerprint density at radius 2 is 1.85 bits per heavy atom. The predicted octanol–water partition coefficient (Wildman–Crippen LogP) is 4.88. The zero-order valence-electron chi connectivity index (χ0n) is 14.4. The number of amides is 1. The van der Waals surface area contributed by atoms with Gasteiger partial charge in [0.1, 0.15) is 0 Å². The van der Waals surface area contributed by atoms with Crippen LogP contribution < -0.4 is 5.32 Å². The number of benzene rings is 2. The van der Waals surface area contributed by atoms with Crippen LogP contribution in [0.2, 0.25) is 5.02 Å². The number of halogens is 1. The van der Waals surface area contributed by atoms with Gasteiger partial charge in [0.05, 0.1) is 16.8 Å². The molecule has 0 radical (unpaired) electrons. The molecular weight excluding hydrogens is 358 g/mol. The van der Waals surface area contributed by atoms with Gasteiger partial charge in [-0.15, -0.1) is 0 Å². The zero-order valence-corrected chi connectivity index (χ0v) is 15.1. The van der Waals surface area contributed by atoms with E-state index in [4.69, 9.17) is 16.6 Å². The van der Waals surface area contributed by atoms with Crippen LogP contribution in [0.4, 0.5) is 0 Å². The molecule has 2 aromatic carbocycles. The molecule has 0 aliphatic carbocycles. The molecular formula is C22H16ClN3O. The third kappa shape index (κ3) is 3.81. The van der Waals surface area contributed by atoms with Gasteiger partial charge in [-0.3, -0.25) is 9.78 Å². The third-order valence-electron chi connectivity index (χ3n) is 4.26. The van der Waals surface area contributed by atoms with Crippen molar-refractivity contribution >= 4 is 28.4 Å². The lowest BCUT2D eigenvalue weighted by atomic mass is 10.0. The van der Waals surface area contributed by atoms with Crippen molar-refractivity contribution in [1.29, 1.82) is 0 Å². The molecule has 27 heavy (non-hydrogen) atoms. The fourth-order valence-electron chi connectivity index (χ4n) is 2.92. The standard InChI is InChI=1S/C22H16ClN3O/c23-17-8-9-20-18(11-17)19(12-21(26-20)16-6-2-1-3-7-16)22(27)25-14-15-5-4-10-24-13-15/h1-13H,14H2,(H,25,27). The minimum Gasteiger partial charge on any atom is -0.348 e. The quantitative estimate of drug-likeness (QED) is 0.554. The number of rotatable bonds is 4. The third-order valence-corrected chi connectivity index (χ3v) is 4.50. The topological polar surface area (TPSA) is 54.9 Å². The first-order valence-corrected chi connectivity index (χ1v) is 8.91. The van der Waals surface area contributed by atoms with Crippen molar-refractivity contribution in [2.45, 2.75) is 6.54 Å². The molecule has 2 aromatic heterocycles. The van der Waals surface area contributed by atoms with Gasteiger partial charge >= 0.3 is 0 Å². The number of hydrogen-bond acceptors (Lipinski definition) is 3. The summed E-state index contributed by atoms with van der Waals surface area (Å²) in [5, 5.41) is 4.25. The minimum atomic E-state index is -0.175.